The van der Waals surface area contributed by atoms with Gasteiger partial charge in [-0.05, 0) is 80.6 Å². The topological polar surface area (TPSA) is 25.8 Å². The molecule has 0 saturated carbocycles. The van der Waals surface area contributed by atoms with E-state index in [0.29, 0.717) is 0 Å². The van der Waals surface area contributed by atoms with Gasteiger partial charge in [0, 0.05) is 11.1 Å². The SMILES string of the molecule is CC(C)(C)c1cccc(-c2cccc(C3(c4cccc(-c5cccc(C(C)(C)C)c5)n4)c4ccccc4-c4ccccc43)n2)c1. The second-order valence-electron chi connectivity index (χ2n) is 14.3. The first kappa shape index (κ1) is 28.9. The molecule has 2 heterocycles. The molecule has 45 heavy (non-hydrogen) atoms. The predicted molar refractivity (Wildman–Crippen MR) is 188 cm³/mol. The van der Waals surface area contributed by atoms with Crippen LogP contribution in [0.5, 0.6) is 0 Å². The van der Waals surface area contributed by atoms with Crippen LogP contribution in [-0.4, -0.2) is 9.97 Å². The van der Waals surface area contributed by atoms with E-state index in [1.807, 2.05) is 0 Å². The standard InChI is InChI=1S/C43H40N2/c1-41(2,3)31-17-11-15-29(27-31)37-23-13-25-39(44-37)43(35-21-9-7-19-33(35)34-20-8-10-22-36(34)43)40-26-14-24-38(45-40)30-16-12-18-32(28-30)42(4,5)6/h7-28H,1-6H3. The Kier molecular flexibility index (Phi) is 6.85. The van der Waals surface area contributed by atoms with Crippen LogP contribution in [0.1, 0.15) is 75.2 Å². The molecule has 4 aromatic carbocycles. The Morgan fingerprint density at radius 1 is 0.422 bits per heavy atom. The highest BCUT2D eigenvalue weighted by Gasteiger charge is 2.48. The van der Waals surface area contributed by atoms with E-state index < -0.39 is 5.41 Å². The number of hydrogen-bond donors (Lipinski definition) is 0. The summed E-state index contributed by atoms with van der Waals surface area (Å²) in [6, 6.07) is 48.2. The Morgan fingerprint density at radius 2 is 0.822 bits per heavy atom. The fourth-order valence-electron chi connectivity index (χ4n) is 6.82. The zero-order chi connectivity index (χ0) is 31.4. The van der Waals surface area contributed by atoms with E-state index in [0.717, 1.165) is 33.9 Å². The summed E-state index contributed by atoms with van der Waals surface area (Å²) < 4.78 is 0. The largest absolute Gasteiger partial charge is 0.251 e. The maximum atomic E-state index is 5.50. The first-order chi connectivity index (χ1) is 21.6. The molecular formula is C43H40N2. The summed E-state index contributed by atoms with van der Waals surface area (Å²) >= 11 is 0. The zero-order valence-corrected chi connectivity index (χ0v) is 27.1. The van der Waals surface area contributed by atoms with Gasteiger partial charge in [0.1, 0.15) is 5.41 Å². The Bertz CT molecular complexity index is 1890. The summed E-state index contributed by atoms with van der Waals surface area (Å²) in [6.07, 6.45) is 0. The lowest BCUT2D eigenvalue weighted by molar-refractivity contribution is 0.590. The molecule has 0 radical (unpaired) electrons. The second-order valence-corrected chi connectivity index (χ2v) is 14.3. The first-order valence-electron chi connectivity index (χ1n) is 15.9. The number of aromatic nitrogens is 2. The Morgan fingerprint density at radius 3 is 1.24 bits per heavy atom. The zero-order valence-electron chi connectivity index (χ0n) is 27.1. The lowest BCUT2D eigenvalue weighted by Crippen LogP contribution is -2.31. The molecule has 2 heteroatoms. The van der Waals surface area contributed by atoms with Crippen molar-refractivity contribution in [2.75, 3.05) is 0 Å². The lowest BCUT2D eigenvalue weighted by Gasteiger charge is -2.32. The van der Waals surface area contributed by atoms with Crippen LogP contribution >= 0.6 is 0 Å². The number of hydrogen-bond acceptors (Lipinski definition) is 2. The smallest absolute Gasteiger partial charge is 0.106 e. The molecular weight excluding hydrogens is 544 g/mol. The van der Waals surface area contributed by atoms with Crippen molar-refractivity contribution in [1.29, 1.82) is 0 Å². The summed E-state index contributed by atoms with van der Waals surface area (Å²) in [5.41, 5.74) is 13.0. The van der Waals surface area contributed by atoms with Crippen LogP contribution in [0.2, 0.25) is 0 Å². The van der Waals surface area contributed by atoms with Gasteiger partial charge in [0.2, 0.25) is 0 Å². The van der Waals surface area contributed by atoms with Crippen LogP contribution in [0.3, 0.4) is 0 Å². The Balaban J connectivity index is 1.49. The average molecular weight is 585 g/mol. The van der Waals surface area contributed by atoms with Crippen molar-refractivity contribution in [2.24, 2.45) is 0 Å². The third-order valence-corrected chi connectivity index (χ3v) is 9.27. The fraction of sp³-hybridized carbons (Fsp3) is 0.209. The van der Waals surface area contributed by atoms with Gasteiger partial charge in [0.25, 0.3) is 0 Å². The number of benzene rings is 4. The van der Waals surface area contributed by atoms with Gasteiger partial charge < -0.3 is 0 Å². The first-order valence-corrected chi connectivity index (χ1v) is 15.9. The normalized spacial score (nSPS) is 13.7. The quantitative estimate of drug-likeness (QED) is 0.206. The molecule has 6 aromatic rings. The summed E-state index contributed by atoms with van der Waals surface area (Å²) in [4.78, 5) is 11.0. The molecule has 1 aliphatic carbocycles. The van der Waals surface area contributed by atoms with E-state index in [4.69, 9.17) is 9.97 Å². The summed E-state index contributed by atoms with van der Waals surface area (Å²) in [7, 11) is 0. The van der Waals surface area contributed by atoms with Gasteiger partial charge in [-0.1, -0.05) is 139 Å². The van der Waals surface area contributed by atoms with Crippen molar-refractivity contribution < 1.29 is 0 Å². The van der Waals surface area contributed by atoms with Crippen LogP contribution in [0.25, 0.3) is 33.6 Å². The van der Waals surface area contributed by atoms with E-state index in [1.54, 1.807) is 0 Å². The van der Waals surface area contributed by atoms with Crippen molar-refractivity contribution in [2.45, 2.75) is 57.8 Å². The summed E-state index contributed by atoms with van der Waals surface area (Å²) in [5.74, 6) is 0. The minimum Gasteiger partial charge on any atom is -0.251 e. The minimum absolute atomic E-state index is 0.0484. The molecule has 0 saturated heterocycles. The number of rotatable bonds is 4. The van der Waals surface area contributed by atoms with Gasteiger partial charge in [0.15, 0.2) is 0 Å². The van der Waals surface area contributed by atoms with E-state index in [2.05, 4.69) is 175 Å². The van der Waals surface area contributed by atoms with Gasteiger partial charge in [-0.15, -0.1) is 0 Å². The minimum atomic E-state index is -0.678. The number of fused-ring (bicyclic) bond motifs is 3. The van der Waals surface area contributed by atoms with E-state index in [9.17, 15) is 0 Å². The summed E-state index contributed by atoms with van der Waals surface area (Å²) in [5, 5.41) is 0. The van der Waals surface area contributed by atoms with Gasteiger partial charge in [-0.25, -0.2) is 0 Å². The molecule has 0 amide bonds. The Labute approximate surface area is 267 Å². The van der Waals surface area contributed by atoms with E-state index >= 15 is 0 Å². The maximum Gasteiger partial charge on any atom is 0.106 e. The second kappa shape index (κ2) is 10.7. The average Bonchev–Trinajstić information content (AvgIpc) is 3.35. The van der Waals surface area contributed by atoms with Crippen LogP contribution in [0.15, 0.2) is 133 Å². The molecule has 0 N–H and O–H groups in total. The highest BCUT2D eigenvalue weighted by molar-refractivity contribution is 5.85. The van der Waals surface area contributed by atoms with Gasteiger partial charge in [-0.2, -0.15) is 0 Å². The van der Waals surface area contributed by atoms with Gasteiger partial charge in [-0.3, -0.25) is 9.97 Å². The number of pyridine rings is 2. The molecule has 2 nitrogen and oxygen atoms in total. The third-order valence-electron chi connectivity index (χ3n) is 9.27. The summed E-state index contributed by atoms with van der Waals surface area (Å²) in [6.45, 7) is 13.5. The van der Waals surface area contributed by atoms with Crippen molar-refractivity contribution in [1.82, 2.24) is 9.97 Å². The molecule has 0 fully saturated rings. The fourth-order valence-corrected chi connectivity index (χ4v) is 6.82. The van der Waals surface area contributed by atoms with Crippen LogP contribution in [0, 0.1) is 0 Å². The molecule has 0 bridgehead atoms. The lowest BCUT2D eigenvalue weighted by atomic mass is 9.72. The van der Waals surface area contributed by atoms with Crippen molar-refractivity contribution in [3.8, 4) is 33.6 Å². The third kappa shape index (κ3) is 4.90. The van der Waals surface area contributed by atoms with Crippen molar-refractivity contribution in [3.63, 3.8) is 0 Å². The molecule has 0 atom stereocenters. The molecule has 0 spiro atoms. The van der Waals surface area contributed by atoms with Crippen molar-refractivity contribution in [3.05, 3.63) is 167 Å². The molecule has 0 aliphatic heterocycles. The van der Waals surface area contributed by atoms with Crippen molar-refractivity contribution >= 4 is 0 Å². The molecule has 222 valence electrons. The molecule has 0 unspecified atom stereocenters. The van der Waals surface area contributed by atoms with Crippen LogP contribution < -0.4 is 0 Å². The van der Waals surface area contributed by atoms with Gasteiger partial charge >= 0.3 is 0 Å². The predicted octanol–water partition coefficient (Wildman–Crippen LogP) is 10.8. The number of nitrogens with zero attached hydrogens (tertiary/aromatic N) is 2. The molecule has 7 rings (SSSR count). The van der Waals surface area contributed by atoms with E-state index in [1.165, 1.54) is 33.4 Å². The monoisotopic (exact) mass is 584 g/mol. The van der Waals surface area contributed by atoms with Crippen LogP contribution in [0.4, 0.5) is 0 Å². The maximum absolute atomic E-state index is 5.50. The highest BCUT2D eigenvalue weighted by Crippen LogP contribution is 2.55. The van der Waals surface area contributed by atoms with Gasteiger partial charge in [0.05, 0.1) is 22.8 Å². The Hall–Kier alpha value is -4.82. The van der Waals surface area contributed by atoms with E-state index in [-0.39, 0.29) is 10.8 Å². The molecule has 1 aliphatic rings. The van der Waals surface area contributed by atoms with Crippen LogP contribution in [-0.2, 0) is 16.2 Å². The highest BCUT2D eigenvalue weighted by atomic mass is 14.8. The molecule has 2 aromatic heterocycles.